The standard InChI is InChI=1S/C24H24N6O2/c31-22(15-8-16-25-23-28-19-12-5-6-13-20(19)29-23)27-18-11-4-7-14-21(18)30-24(32)26-17-9-2-1-3-10-17/h1-7,9-14H,8,15-16H2,(H,27,31)(H2,25,28,29)(H2,26,30,32). The van der Waals surface area contributed by atoms with Gasteiger partial charge in [-0.15, -0.1) is 0 Å². The number of H-pyrrole nitrogens is 1. The topological polar surface area (TPSA) is 111 Å². The number of amides is 3. The van der Waals surface area contributed by atoms with Crippen molar-refractivity contribution in [3.8, 4) is 0 Å². The van der Waals surface area contributed by atoms with Gasteiger partial charge in [-0.2, -0.15) is 0 Å². The summed E-state index contributed by atoms with van der Waals surface area (Å²) in [5, 5.41) is 11.6. The lowest BCUT2D eigenvalue weighted by atomic mass is 10.2. The normalized spacial score (nSPS) is 10.5. The predicted molar refractivity (Wildman–Crippen MR) is 128 cm³/mol. The third kappa shape index (κ3) is 5.63. The van der Waals surface area contributed by atoms with Gasteiger partial charge in [0.2, 0.25) is 11.9 Å². The van der Waals surface area contributed by atoms with Crippen LogP contribution in [0.2, 0.25) is 0 Å². The van der Waals surface area contributed by atoms with E-state index < -0.39 is 0 Å². The fraction of sp³-hybridized carbons (Fsp3) is 0.125. The Morgan fingerprint density at radius 2 is 1.47 bits per heavy atom. The number of urea groups is 1. The van der Waals surface area contributed by atoms with Crippen LogP contribution in [0.15, 0.2) is 78.9 Å². The number of benzene rings is 3. The second kappa shape index (κ2) is 10.1. The second-order valence-corrected chi connectivity index (χ2v) is 7.17. The molecule has 0 radical (unpaired) electrons. The van der Waals surface area contributed by atoms with E-state index >= 15 is 0 Å². The molecule has 32 heavy (non-hydrogen) atoms. The Hall–Kier alpha value is -4.33. The number of carbonyl (C=O) groups is 2. The molecule has 3 aromatic carbocycles. The molecule has 0 aliphatic rings. The highest BCUT2D eigenvalue weighted by molar-refractivity contribution is 6.03. The highest BCUT2D eigenvalue weighted by Gasteiger charge is 2.10. The average molecular weight is 428 g/mol. The molecule has 4 rings (SSSR count). The number of rotatable bonds is 8. The van der Waals surface area contributed by atoms with E-state index in [1.807, 2.05) is 42.5 Å². The summed E-state index contributed by atoms with van der Waals surface area (Å²) in [6.45, 7) is 0.604. The molecule has 1 heterocycles. The molecule has 0 saturated carbocycles. The Morgan fingerprint density at radius 1 is 0.781 bits per heavy atom. The summed E-state index contributed by atoms with van der Waals surface area (Å²) < 4.78 is 0. The van der Waals surface area contributed by atoms with Gasteiger partial charge in [-0.05, 0) is 42.8 Å². The summed E-state index contributed by atoms with van der Waals surface area (Å²) in [6.07, 6.45) is 0.963. The van der Waals surface area contributed by atoms with Gasteiger partial charge in [0.1, 0.15) is 0 Å². The van der Waals surface area contributed by atoms with Crippen LogP contribution in [0.1, 0.15) is 12.8 Å². The van der Waals surface area contributed by atoms with Gasteiger partial charge < -0.3 is 26.3 Å². The van der Waals surface area contributed by atoms with Gasteiger partial charge in [-0.1, -0.05) is 42.5 Å². The largest absolute Gasteiger partial charge is 0.356 e. The third-order valence-electron chi connectivity index (χ3n) is 4.74. The molecular weight excluding hydrogens is 404 g/mol. The molecule has 8 heteroatoms. The molecule has 0 spiro atoms. The molecule has 0 fully saturated rings. The molecule has 0 aliphatic carbocycles. The van der Waals surface area contributed by atoms with E-state index in [1.165, 1.54) is 0 Å². The summed E-state index contributed by atoms with van der Waals surface area (Å²) >= 11 is 0. The van der Waals surface area contributed by atoms with Gasteiger partial charge in [0.05, 0.1) is 22.4 Å². The van der Waals surface area contributed by atoms with Crippen LogP contribution in [0, 0.1) is 0 Å². The number of imidazole rings is 1. The van der Waals surface area contributed by atoms with Crippen LogP contribution in [0.3, 0.4) is 0 Å². The number of aromatic amines is 1. The van der Waals surface area contributed by atoms with Crippen molar-refractivity contribution in [3.05, 3.63) is 78.9 Å². The van der Waals surface area contributed by atoms with Crippen molar-refractivity contribution < 1.29 is 9.59 Å². The van der Waals surface area contributed by atoms with Gasteiger partial charge in [-0.25, -0.2) is 9.78 Å². The van der Waals surface area contributed by atoms with Crippen LogP contribution in [0.5, 0.6) is 0 Å². The maximum atomic E-state index is 12.4. The highest BCUT2D eigenvalue weighted by atomic mass is 16.2. The van der Waals surface area contributed by atoms with Crippen LogP contribution in [-0.2, 0) is 4.79 Å². The number of nitrogens with zero attached hydrogens (tertiary/aromatic N) is 1. The maximum Gasteiger partial charge on any atom is 0.323 e. The number of carbonyl (C=O) groups excluding carboxylic acids is 2. The van der Waals surface area contributed by atoms with Crippen LogP contribution in [0.25, 0.3) is 11.0 Å². The first kappa shape index (κ1) is 20.9. The third-order valence-corrected chi connectivity index (χ3v) is 4.74. The summed E-state index contributed by atoms with van der Waals surface area (Å²) in [5.41, 5.74) is 3.62. The second-order valence-electron chi connectivity index (χ2n) is 7.17. The van der Waals surface area contributed by atoms with Crippen molar-refractivity contribution in [1.82, 2.24) is 9.97 Å². The molecule has 0 atom stereocenters. The molecule has 8 nitrogen and oxygen atoms in total. The summed E-state index contributed by atoms with van der Waals surface area (Å²) in [4.78, 5) is 32.3. The van der Waals surface area contributed by atoms with Crippen molar-refractivity contribution in [1.29, 1.82) is 0 Å². The van der Waals surface area contributed by atoms with Crippen molar-refractivity contribution in [2.45, 2.75) is 12.8 Å². The van der Waals surface area contributed by atoms with E-state index in [2.05, 4.69) is 31.2 Å². The number of nitrogens with one attached hydrogen (secondary N) is 5. The van der Waals surface area contributed by atoms with Crippen molar-refractivity contribution >= 4 is 46.0 Å². The van der Waals surface area contributed by atoms with Gasteiger partial charge in [-0.3, -0.25) is 4.79 Å². The smallest absolute Gasteiger partial charge is 0.323 e. The van der Waals surface area contributed by atoms with Crippen LogP contribution in [0.4, 0.5) is 27.8 Å². The van der Waals surface area contributed by atoms with Crippen molar-refractivity contribution in [3.63, 3.8) is 0 Å². The number of aromatic nitrogens is 2. The summed E-state index contributed by atoms with van der Waals surface area (Å²) in [7, 11) is 0. The van der Waals surface area contributed by atoms with Gasteiger partial charge in [0.25, 0.3) is 0 Å². The number of hydrogen-bond acceptors (Lipinski definition) is 4. The number of para-hydroxylation sites is 5. The molecule has 4 aromatic rings. The lowest BCUT2D eigenvalue weighted by molar-refractivity contribution is -0.116. The van der Waals surface area contributed by atoms with Gasteiger partial charge >= 0.3 is 6.03 Å². The Morgan fingerprint density at radius 3 is 2.25 bits per heavy atom. The molecular formula is C24H24N6O2. The first-order valence-corrected chi connectivity index (χ1v) is 10.4. The Bertz CT molecular complexity index is 1170. The molecule has 162 valence electrons. The van der Waals surface area contributed by atoms with Crippen LogP contribution < -0.4 is 21.3 Å². The fourth-order valence-electron chi connectivity index (χ4n) is 3.21. The highest BCUT2D eigenvalue weighted by Crippen LogP contribution is 2.22. The lowest BCUT2D eigenvalue weighted by Crippen LogP contribution is -2.21. The summed E-state index contributed by atoms with van der Waals surface area (Å²) in [5.74, 6) is 0.555. The van der Waals surface area contributed by atoms with E-state index in [1.54, 1.807) is 36.4 Å². The summed E-state index contributed by atoms with van der Waals surface area (Å²) in [6, 6.07) is 23.7. The Labute approximate surface area is 185 Å². The van der Waals surface area contributed by atoms with E-state index in [9.17, 15) is 9.59 Å². The van der Waals surface area contributed by atoms with Crippen LogP contribution in [-0.4, -0.2) is 28.5 Å². The van der Waals surface area contributed by atoms with E-state index in [4.69, 9.17) is 0 Å². The molecule has 0 aliphatic heterocycles. The van der Waals surface area contributed by atoms with Crippen LogP contribution >= 0.6 is 0 Å². The zero-order valence-corrected chi connectivity index (χ0v) is 17.4. The maximum absolute atomic E-state index is 12.4. The number of hydrogen-bond donors (Lipinski definition) is 5. The zero-order chi connectivity index (χ0) is 22.2. The van der Waals surface area contributed by atoms with Crippen molar-refractivity contribution in [2.75, 3.05) is 27.8 Å². The molecule has 3 amide bonds. The quantitative estimate of drug-likeness (QED) is 0.253. The van der Waals surface area contributed by atoms with E-state index in [0.29, 0.717) is 42.4 Å². The molecule has 0 saturated heterocycles. The minimum atomic E-state index is -0.382. The molecule has 5 N–H and O–H groups in total. The monoisotopic (exact) mass is 428 g/mol. The van der Waals surface area contributed by atoms with E-state index in [0.717, 1.165) is 11.0 Å². The zero-order valence-electron chi connectivity index (χ0n) is 17.4. The van der Waals surface area contributed by atoms with E-state index in [-0.39, 0.29) is 11.9 Å². The van der Waals surface area contributed by atoms with Gasteiger partial charge in [0.15, 0.2) is 0 Å². The first-order valence-electron chi connectivity index (χ1n) is 10.4. The van der Waals surface area contributed by atoms with Gasteiger partial charge in [0, 0.05) is 18.7 Å². The Kier molecular flexibility index (Phi) is 6.62. The molecule has 0 bridgehead atoms. The predicted octanol–water partition coefficient (Wildman–Crippen LogP) is 5.04. The number of fused-ring (bicyclic) bond motifs is 1. The fourth-order valence-corrected chi connectivity index (χ4v) is 3.21. The molecule has 0 unspecified atom stereocenters. The van der Waals surface area contributed by atoms with Crippen molar-refractivity contribution in [2.24, 2.45) is 0 Å². The SMILES string of the molecule is O=C(CCCNc1nc2ccccc2[nH]1)Nc1ccccc1NC(=O)Nc1ccccc1. The first-order chi connectivity index (χ1) is 15.7. The minimum Gasteiger partial charge on any atom is -0.356 e. The molecule has 1 aromatic heterocycles. The average Bonchev–Trinajstić information content (AvgIpc) is 3.22. The minimum absolute atomic E-state index is 0.130. The number of anilines is 4. The Balaban J connectivity index is 1.25. The lowest BCUT2D eigenvalue weighted by Gasteiger charge is -2.13.